The van der Waals surface area contributed by atoms with Gasteiger partial charge >= 0.3 is 6.03 Å². The van der Waals surface area contributed by atoms with Crippen molar-refractivity contribution in [2.45, 2.75) is 30.6 Å². The molecule has 11 nitrogen and oxygen atoms in total. The average molecular weight is 301 g/mol. The molecule has 0 bridgehead atoms. The van der Waals surface area contributed by atoms with Crippen LogP contribution in [0.15, 0.2) is 15.0 Å². The van der Waals surface area contributed by atoms with Crippen LogP contribution < -0.4 is 5.73 Å². The van der Waals surface area contributed by atoms with E-state index in [0.29, 0.717) is 0 Å². The Morgan fingerprint density at radius 1 is 1.33 bits per heavy atom. The molecule has 1 fully saturated rings. The van der Waals surface area contributed by atoms with Crippen LogP contribution in [0.1, 0.15) is 0 Å². The van der Waals surface area contributed by atoms with E-state index >= 15 is 0 Å². The molecule has 2 amide bonds. The molecule has 3 aliphatic heterocycles. The number of nitrogens with two attached hydrogens (primary N) is 1. The van der Waals surface area contributed by atoms with Crippen LogP contribution in [-0.4, -0.2) is 86.9 Å². The molecule has 5 atom stereocenters. The Bertz CT molecular complexity index is 534. The Balaban J connectivity index is 0.00000161. The lowest BCUT2D eigenvalue weighted by Gasteiger charge is -2.27. The molecule has 0 aromatic carbocycles. The molecule has 3 rings (SSSR count). The molecule has 0 saturated carbocycles. The highest BCUT2D eigenvalue weighted by atomic mass is 16.6. The van der Waals surface area contributed by atoms with Crippen LogP contribution in [0.4, 0.5) is 4.79 Å². The number of fused-ring (bicyclic) bond motifs is 1. The summed E-state index contributed by atoms with van der Waals surface area (Å²) in [5, 5.41) is 28.7. The number of hydrogen-bond donors (Lipinski definition) is 4. The summed E-state index contributed by atoms with van der Waals surface area (Å²) in [5.41, 5.74) is 5.60. The van der Waals surface area contributed by atoms with Crippen LogP contribution in [0.2, 0.25) is 0 Å². The lowest BCUT2D eigenvalue weighted by molar-refractivity contribution is -0.0509. The standard InChI is InChI=1S/C10H13N5O5.H2O/c11-7-4-8(14-10(19)13-7)15(2-12-4)9-6(18)5(17)3(1-16)20-9;/h2-6,9,16-18H,1H2,(H2,11,13,19);1H2. The van der Waals surface area contributed by atoms with E-state index in [1.165, 1.54) is 11.2 Å². The molecule has 1 saturated heterocycles. The van der Waals surface area contributed by atoms with Crippen molar-refractivity contribution in [2.75, 3.05) is 6.61 Å². The molecule has 0 aromatic heterocycles. The summed E-state index contributed by atoms with van der Waals surface area (Å²) in [6.07, 6.45) is -3.15. The monoisotopic (exact) mass is 301 g/mol. The van der Waals surface area contributed by atoms with Gasteiger partial charge in [-0.15, -0.1) is 0 Å². The maximum atomic E-state index is 11.3. The van der Waals surface area contributed by atoms with E-state index in [2.05, 4.69) is 15.0 Å². The fourth-order valence-electron chi connectivity index (χ4n) is 2.33. The number of amidine groups is 2. The molecule has 11 heteroatoms. The summed E-state index contributed by atoms with van der Waals surface area (Å²) in [6, 6.07) is -1.47. The third kappa shape index (κ3) is 2.30. The minimum atomic E-state index is -1.28. The van der Waals surface area contributed by atoms with Gasteiger partial charge in [0.05, 0.1) is 12.9 Å². The Morgan fingerprint density at radius 3 is 2.67 bits per heavy atom. The SMILES string of the molecule is NC1=NC(=O)N=C2C1N=CN2C1OC(CO)C(O)C1O.O. The van der Waals surface area contributed by atoms with Crippen LogP contribution >= 0.6 is 0 Å². The molecular weight excluding hydrogens is 286 g/mol. The van der Waals surface area contributed by atoms with Gasteiger partial charge in [-0.05, 0) is 0 Å². The molecule has 3 aliphatic rings. The van der Waals surface area contributed by atoms with Crippen molar-refractivity contribution in [3.05, 3.63) is 0 Å². The molecule has 0 radical (unpaired) electrons. The third-order valence-electron chi connectivity index (χ3n) is 3.36. The second kappa shape index (κ2) is 5.46. The first-order valence-electron chi connectivity index (χ1n) is 5.93. The zero-order valence-corrected chi connectivity index (χ0v) is 10.7. The molecular formula is C10H15N5O6. The van der Waals surface area contributed by atoms with Gasteiger partial charge in [-0.25, -0.2) is 4.79 Å². The van der Waals surface area contributed by atoms with Crippen molar-refractivity contribution in [3.8, 4) is 0 Å². The summed E-state index contributed by atoms with van der Waals surface area (Å²) < 4.78 is 5.35. The van der Waals surface area contributed by atoms with Gasteiger partial charge in [0.25, 0.3) is 0 Å². The fourth-order valence-corrected chi connectivity index (χ4v) is 2.33. The van der Waals surface area contributed by atoms with Gasteiger partial charge in [-0.2, -0.15) is 9.98 Å². The van der Waals surface area contributed by atoms with Crippen molar-refractivity contribution in [3.63, 3.8) is 0 Å². The first kappa shape index (κ1) is 15.5. The van der Waals surface area contributed by atoms with Crippen molar-refractivity contribution in [1.82, 2.24) is 4.90 Å². The number of aliphatic imine (C=N–C) groups is 3. The maximum absolute atomic E-state index is 11.3. The van der Waals surface area contributed by atoms with Gasteiger partial charge in [-0.1, -0.05) is 0 Å². The number of urea groups is 1. The number of aliphatic hydroxyl groups excluding tert-OH is 3. The minimum Gasteiger partial charge on any atom is -0.412 e. The highest BCUT2D eigenvalue weighted by Crippen LogP contribution is 2.27. The topological polar surface area (TPSA) is 185 Å². The van der Waals surface area contributed by atoms with Gasteiger partial charge in [0.1, 0.15) is 24.1 Å². The van der Waals surface area contributed by atoms with Crippen LogP contribution in [0.3, 0.4) is 0 Å². The van der Waals surface area contributed by atoms with E-state index in [0.717, 1.165) is 0 Å². The second-order valence-corrected chi connectivity index (χ2v) is 4.59. The summed E-state index contributed by atoms with van der Waals surface area (Å²) in [5.74, 6) is 0.183. The number of amides is 2. The number of carbonyl (C=O) groups is 1. The molecule has 0 aromatic rings. The first-order chi connectivity index (χ1) is 9.52. The minimum absolute atomic E-state index is 0. The van der Waals surface area contributed by atoms with Gasteiger partial charge in [0.15, 0.2) is 18.1 Å². The van der Waals surface area contributed by atoms with E-state index < -0.39 is 43.2 Å². The molecule has 0 aliphatic carbocycles. The van der Waals surface area contributed by atoms with Crippen LogP contribution in [0.25, 0.3) is 0 Å². The summed E-state index contributed by atoms with van der Waals surface area (Å²) in [7, 11) is 0. The van der Waals surface area contributed by atoms with Crippen molar-refractivity contribution < 1.29 is 30.3 Å². The summed E-state index contributed by atoms with van der Waals surface area (Å²) >= 11 is 0. The number of nitrogens with zero attached hydrogens (tertiary/aromatic N) is 4. The molecule has 0 spiro atoms. The van der Waals surface area contributed by atoms with Crippen molar-refractivity contribution in [1.29, 1.82) is 0 Å². The summed E-state index contributed by atoms with van der Waals surface area (Å²) in [6.45, 7) is -0.446. The second-order valence-electron chi connectivity index (χ2n) is 4.59. The number of rotatable bonds is 2. The van der Waals surface area contributed by atoms with E-state index in [9.17, 15) is 15.0 Å². The lowest BCUT2D eigenvalue weighted by Crippen LogP contribution is -2.50. The van der Waals surface area contributed by atoms with E-state index in [1.807, 2.05) is 0 Å². The Kier molecular flexibility index (Phi) is 4.02. The first-order valence-corrected chi connectivity index (χ1v) is 5.93. The Labute approximate surface area is 118 Å². The van der Waals surface area contributed by atoms with Crippen LogP contribution in [0.5, 0.6) is 0 Å². The van der Waals surface area contributed by atoms with E-state index in [4.69, 9.17) is 15.6 Å². The summed E-state index contributed by atoms with van der Waals surface area (Å²) in [4.78, 5) is 23.9. The lowest BCUT2D eigenvalue weighted by atomic mass is 10.1. The fraction of sp³-hybridized carbons (Fsp3) is 0.600. The zero-order chi connectivity index (χ0) is 14.4. The van der Waals surface area contributed by atoms with Crippen molar-refractivity contribution in [2.24, 2.45) is 20.7 Å². The number of hydrogen-bond acceptors (Lipinski definition) is 8. The number of ether oxygens (including phenoxy) is 1. The predicted octanol–water partition coefficient (Wildman–Crippen LogP) is -3.80. The quantitative estimate of drug-likeness (QED) is 0.402. The smallest absolute Gasteiger partial charge is 0.370 e. The van der Waals surface area contributed by atoms with Gasteiger partial charge in [0, 0.05) is 0 Å². The number of carbonyl (C=O) groups excluding carboxylic acids is 1. The van der Waals surface area contributed by atoms with Crippen LogP contribution in [0, 0.1) is 0 Å². The highest BCUT2D eigenvalue weighted by Gasteiger charge is 2.48. The van der Waals surface area contributed by atoms with E-state index in [1.54, 1.807) is 0 Å². The number of aliphatic hydroxyl groups is 3. The Hall–Kier alpha value is -1.92. The van der Waals surface area contributed by atoms with Gasteiger partial charge < -0.3 is 31.3 Å². The van der Waals surface area contributed by atoms with Crippen LogP contribution in [-0.2, 0) is 4.74 Å². The zero-order valence-electron chi connectivity index (χ0n) is 10.7. The van der Waals surface area contributed by atoms with Crippen molar-refractivity contribution >= 4 is 24.0 Å². The Morgan fingerprint density at radius 2 is 2.05 bits per heavy atom. The average Bonchev–Trinajstić information content (AvgIpc) is 2.93. The highest BCUT2D eigenvalue weighted by molar-refractivity contribution is 6.22. The molecule has 3 heterocycles. The third-order valence-corrected chi connectivity index (χ3v) is 3.36. The predicted molar refractivity (Wildman–Crippen MR) is 69.9 cm³/mol. The molecule has 5 unspecified atom stereocenters. The van der Waals surface area contributed by atoms with Gasteiger partial charge in [-0.3, -0.25) is 9.89 Å². The maximum Gasteiger partial charge on any atom is 0.370 e. The normalized spacial score (nSPS) is 38.0. The molecule has 21 heavy (non-hydrogen) atoms. The largest absolute Gasteiger partial charge is 0.412 e. The molecule has 7 N–H and O–H groups in total. The van der Waals surface area contributed by atoms with Gasteiger partial charge in [0.2, 0.25) is 0 Å². The van der Waals surface area contributed by atoms with E-state index in [-0.39, 0.29) is 17.1 Å². The molecule has 116 valence electrons.